The van der Waals surface area contributed by atoms with Gasteiger partial charge in [-0.2, -0.15) is 0 Å². The lowest BCUT2D eigenvalue weighted by atomic mass is 9.96. The number of pyridine rings is 1. The summed E-state index contributed by atoms with van der Waals surface area (Å²) in [5.41, 5.74) is 6.53. The van der Waals surface area contributed by atoms with Gasteiger partial charge in [-0.1, -0.05) is 24.3 Å². The minimum absolute atomic E-state index is 0.0567. The van der Waals surface area contributed by atoms with Crippen LogP contribution in [0.4, 0.5) is 5.69 Å². The third kappa shape index (κ3) is 3.31. The Morgan fingerprint density at radius 3 is 2.50 bits per heavy atom. The summed E-state index contributed by atoms with van der Waals surface area (Å²) < 4.78 is 13.4. The van der Waals surface area contributed by atoms with E-state index in [-0.39, 0.29) is 18.9 Å². The molecule has 2 aromatic heterocycles. The van der Waals surface area contributed by atoms with Gasteiger partial charge in [0.2, 0.25) is 6.79 Å². The Morgan fingerprint density at radius 1 is 0.912 bits per heavy atom. The zero-order valence-corrected chi connectivity index (χ0v) is 19.8. The highest BCUT2D eigenvalue weighted by Crippen LogP contribution is 2.44. The van der Waals surface area contributed by atoms with E-state index in [0.717, 1.165) is 40.0 Å². The fourth-order valence-electron chi connectivity index (χ4n) is 5.05. The van der Waals surface area contributed by atoms with E-state index < -0.39 is 0 Å². The van der Waals surface area contributed by atoms with E-state index in [4.69, 9.17) is 21.7 Å². The lowest BCUT2D eigenvalue weighted by Crippen LogP contribution is -2.29. The Morgan fingerprint density at radius 2 is 1.71 bits per heavy atom. The fraction of sp³-hybridized carbons (Fsp3) is 0.185. The van der Waals surface area contributed by atoms with Crippen molar-refractivity contribution in [1.29, 1.82) is 0 Å². The maximum absolute atomic E-state index is 5.86. The Kier molecular flexibility index (Phi) is 4.99. The van der Waals surface area contributed by atoms with Crippen LogP contribution in [0, 0.1) is 13.8 Å². The summed E-state index contributed by atoms with van der Waals surface area (Å²) in [4.78, 5) is 6.88. The largest absolute Gasteiger partial charge is 0.454 e. The number of fused-ring (bicyclic) bond motifs is 1. The highest BCUT2D eigenvalue weighted by molar-refractivity contribution is 7.80. The van der Waals surface area contributed by atoms with Crippen molar-refractivity contribution in [2.45, 2.75) is 25.9 Å². The van der Waals surface area contributed by atoms with Crippen LogP contribution in [0.3, 0.4) is 0 Å². The topological polar surface area (TPSA) is 51.6 Å². The first kappa shape index (κ1) is 20.7. The van der Waals surface area contributed by atoms with Crippen LogP contribution in [0.15, 0.2) is 79.0 Å². The first-order valence-electron chi connectivity index (χ1n) is 11.3. The summed E-state index contributed by atoms with van der Waals surface area (Å²) in [5, 5.41) is 4.24. The molecule has 4 aromatic rings. The van der Waals surface area contributed by atoms with Crippen molar-refractivity contribution in [1.82, 2.24) is 14.9 Å². The molecule has 0 radical (unpaired) electrons. The number of nitrogens with one attached hydrogen (secondary N) is 1. The molecule has 2 aliphatic heterocycles. The second-order valence-electron chi connectivity index (χ2n) is 8.53. The van der Waals surface area contributed by atoms with Gasteiger partial charge in [-0.05, 0) is 74.1 Å². The number of aryl methyl sites for hydroxylation is 1. The van der Waals surface area contributed by atoms with E-state index >= 15 is 0 Å². The molecule has 1 saturated heterocycles. The van der Waals surface area contributed by atoms with Crippen LogP contribution in [0.5, 0.6) is 11.5 Å². The normalized spacial score (nSPS) is 18.9. The number of anilines is 1. The molecule has 0 unspecified atom stereocenters. The second-order valence-corrected chi connectivity index (χ2v) is 8.92. The van der Waals surface area contributed by atoms with Crippen molar-refractivity contribution in [3.05, 3.63) is 102 Å². The fourth-order valence-corrected chi connectivity index (χ4v) is 5.39. The molecule has 170 valence electrons. The molecule has 6 rings (SSSR count). The second kappa shape index (κ2) is 8.18. The molecular weight excluding hydrogens is 444 g/mol. The third-order valence-corrected chi connectivity index (χ3v) is 6.85. The van der Waals surface area contributed by atoms with Gasteiger partial charge in [0.05, 0.1) is 17.8 Å². The van der Waals surface area contributed by atoms with Crippen molar-refractivity contribution in [2.24, 2.45) is 0 Å². The van der Waals surface area contributed by atoms with E-state index in [1.165, 1.54) is 5.56 Å². The van der Waals surface area contributed by atoms with E-state index in [0.29, 0.717) is 5.11 Å². The summed E-state index contributed by atoms with van der Waals surface area (Å²) >= 11 is 5.86. The molecule has 2 atom stereocenters. The Labute approximate surface area is 203 Å². The molecule has 0 saturated carbocycles. The van der Waals surface area contributed by atoms with Gasteiger partial charge in [-0.15, -0.1) is 0 Å². The smallest absolute Gasteiger partial charge is 0.231 e. The van der Waals surface area contributed by atoms with Gasteiger partial charge in [-0.3, -0.25) is 4.98 Å². The molecule has 0 bridgehead atoms. The zero-order valence-electron chi connectivity index (χ0n) is 18.9. The summed E-state index contributed by atoms with van der Waals surface area (Å²) in [6, 6.07) is 24.5. The number of ether oxygens (including phenoxy) is 2. The van der Waals surface area contributed by atoms with Gasteiger partial charge in [-0.25, -0.2) is 0 Å². The lowest BCUT2D eigenvalue weighted by Gasteiger charge is -2.28. The van der Waals surface area contributed by atoms with Crippen molar-refractivity contribution < 1.29 is 9.47 Å². The summed E-state index contributed by atoms with van der Waals surface area (Å²) in [6.45, 7) is 4.55. The lowest BCUT2D eigenvalue weighted by molar-refractivity contribution is 0.174. The van der Waals surface area contributed by atoms with Crippen LogP contribution in [0.1, 0.15) is 34.7 Å². The van der Waals surface area contributed by atoms with Crippen LogP contribution in [-0.2, 0) is 0 Å². The first-order valence-corrected chi connectivity index (χ1v) is 11.7. The van der Waals surface area contributed by atoms with Crippen molar-refractivity contribution >= 4 is 23.0 Å². The van der Waals surface area contributed by atoms with E-state index in [2.05, 4.69) is 63.9 Å². The average Bonchev–Trinajstić information content (AvgIpc) is 3.54. The van der Waals surface area contributed by atoms with Crippen molar-refractivity contribution in [3.8, 4) is 17.2 Å². The number of para-hydroxylation sites is 1. The standard InChI is InChI=1S/C27H24N4O2S/c1-17-14-21(18(2)30(17)20-11-12-23-24(15-20)33-16-32-23)26-25(22-10-6-7-13-28-22)29-27(34)31(26)19-8-4-3-5-9-19/h3-15,25-26H,16H2,1-2H3,(H,29,34)/t25-,26-/m1/s1. The molecule has 1 N–H and O–H groups in total. The molecule has 2 aromatic carbocycles. The Hall–Kier alpha value is -3.84. The molecule has 1 fully saturated rings. The number of aromatic nitrogens is 2. The molecule has 0 aliphatic carbocycles. The monoisotopic (exact) mass is 468 g/mol. The molecule has 0 amide bonds. The van der Waals surface area contributed by atoms with Crippen molar-refractivity contribution in [2.75, 3.05) is 11.7 Å². The molecule has 2 aliphatic rings. The van der Waals surface area contributed by atoms with E-state index in [9.17, 15) is 0 Å². The van der Waals surface area contributed by atoms with Crippen LogP contribution < -0.4 is 19.7 Å². The predicted octanol–water partition coefficient (Wildman–Crippen LogP) is 5.39. The number of nitrogens with zero attached hydrogens (tertiary/aromatic N) is 3. The molecule has 4 heterocycles. The van der Waals surface area contributed by atoms with Gasteiger partial charge >= 0.3 is 0 Å². The quantitative estimate of drug-likeness (QED) is 0.405. The summed E-state index contributed by atoms with van der Waals surface area (Å²) in [5.74, 6) is 1.55. The van der Waals surface area contributed by atoms with Gasteiger partial charge < -0.3 is 24.3 Å². The highest BCUT2D eigenvalue weighted by atomic mass is 32.1. The minimum Gasteiger partial charge on any atom is -0.454 e. The van der Waals surface area contributed by atoms with Gasteiger partial charge in [0.25, 0.3) is 0 Å². The van der Waals surface area contributed by atoms with E-state index in [1.54, 1.807) is 0 Å². The number of thiocarbonyl (C=S) groups is 1. The van der Waals surface area contributed by atoms with Gasteiger partial charge in [0, 0.05) is 35.0 Å². The number of hydrogen-bond donors (Lipinski definition) is 1. The average molecular weight is 469 g/mol. The SMILES string of the molecule is Cc1cc([C@@H]2[C@@H](c3ccccn3)NC(=S)N2c2ccccc2)c(C)n1-c1ccc2c(c1)OCO2. The van der Waals surface area contributed by atoms with Crippen LogP contribution in [-0.4, -0.2) is 21.5 Å². The molecular formula is C27H24N4O2S. The maximum Gasteiger partial charge on any atom is 0.231 e. The molecule has 7 heteroatoms. The summed E-state index contributed by atoms with van der Waals surface area (Å²) in [6.07, 6.45) is 1.83. The third-order valence-electron chi connectivity index (χ3n) is 6.54. The predicted molar refractivity (Wildman–Crippen MR) is 136 cm³/mol. The Bertz CT molecular complexity index is 1370. The molecule has 34 heavy (non-hydrogen) atoms. The summed E-state index contributed by atoms with van der Waals surface area (Å²) in [7, 11) is 0. The maximum atomic E-state index is 5.86. The van der Waals surface area contributed by atoms with Crippen LogP contribution in [0.25, 0.3) is 5.69 Å². The van der Waals surface area contributed by atoms with Gasteiger partial charge in [0.1, 0.15) is 0 Å². The molecule has 6 nitrogen and oxygen atoms in total. The molecule has 0 spiro atoms. The highest BCUT2D eigenvalue weighted by Gasteiger charge is 2.42. The van der Waals surface area contributed by atoms with Crippen LogP contribution in [0.2, 0.25) is 0 Å². The number of benzene rings is 2. The number of rotatable bonds is 4. The van der Waals surface area contributed by atoms with E-state index in [1.807, 2.05) is 48.7 Å². The van der Waals surface area contributed by atoms with Crippen LogP contribution >= 0.6 is 12.2 Å². The minimum atomic E-state index is -0.0837. The Balaban J connectivity index is 1.50. The van der Waals surface area contributed by atoms with Crippen molar-refractivity contribution in [3.63, 3.8) is 0 Å². The zero-order chi connectivity index (χ0) is 23.2. The van der Waals surface area contributed by atoms with Gasteiger partial charge in [0.15, 0.2) is 16.6 Å². The number of hydrogen-bond acceptors (Lipinski definition) is 4. The first-order chi connectivity index (χ1) is 16.6.